The second-order valence-electron chi connectivity index (χ2n) is 15.3. The molecular weight excluding hydrogens is 638 g/mol. The molecule has 14 heteroatoms. The van der Waals surface area contributed by atoms with E-state index in [1.807, 2.05) is 24.8 Å². The number of ether oxygens (including phenoxy) is 1. The van der Waals surface area contributed by atoms with Crippen molar-refractivity contribution in [1.82, 2.24) is 39.5 Å². The Bertz CT molecular complexity index is 1740. The Morgan fingerprint density at radius 2 is 1.62 bits per heavy atom. The molecule has 0 spiro atoms. The molecule has 0 radical (unpaired) electrons. The number of carbonyl (C=O) groups excluding carboxylic acids is 4. The Labute approximate surface area is 292 Å². The van der Waals surface area contributed by atoms with E-state index in [0.29, 0.717) is 41.8 Å². The molecule has 2 bridgehead atoms. The van der Waals surface area contributed by atoms with Gasteiger partial charge in [0.1, 0.15) is 28.8 Å². The zero-order valence-corrected chi connectivity index (χ0v) is 30.1. The number of rotatable bonds is 8. The molecule has 6 rings (SSSR count). The Morgan fingerprint density at radius 1 is 0.940 bits per heavy atom. The number of anilines is 2. The van der Waals surface area contributed by atoms with Crippen molar-refractivity contribution < 1.29 is 23.9 Å². The van der Waals surface area contributed by atoms with Gasteiger partial charge in [-0.2, -0.15) is 4.98 Å². The first-order valence-corrected chi connectivity index (χ1v) is 17.6. The standard InChI is InChI=1S/C36H49N9O5/c1-21(2)29(40-35(49)50-36(3,4)5)33(48)44-25-13-14-26(44)20-43(19-25)31(46)22-12-15-28(37-17-22)39-34-38-18-23-16-27(32(47)42(6)7)45(30(23)41-34)24-10-8-9-11-24/h12,15-18,21,24-26,29H,8-11,13-14,19-20H2,1-7H3,(H,40,49)(H,37,38,39,41)/t25?,26?,29-/m1/s1. The number of carbonyl (C=O) groups is 4. The highest BCUT2D eigenvalue weighted by atomic mass is 16.6. The maximum absolute atomic E-state index is 13.8. The third kappa shape index (κ3) is 7.24. The molecule has 3 aromatic heterocycles. The molecule has 5 heterocycles. The minimum atomic E-state index is -0.723. The van der Waals surface area contributed by atoms with Crippen molar-refractivity contribution in [3.05, 3.63) is 41.9 Å². The van der Waals surface area contributed by atoms with Crippen molar-refractivity contribution in [1.29, 1.82) is 0 Å². The van der Waals surface area contributed by atoms with E-state index in [2.05, 4.69) is 25.2 Å². The molecule has 1 aliphatic carbocycles. The van der Waals surface area contributed by atoms with Gasteiger partial charge in [-0.05, 0) is 70.6 Å². The van der Waals surface area contributed by atoms with Crippen LogP contribution in [0, 0.1) is 5.92 Å². The van der Waals surface area contributed by atoms with E-state index in [9.17, 15) is 19.2 Å². The summed E-state index contributed by atoms with van der Waals surface area (Å²) in [5.41, 5.74) is 1.09. The molecule has 2 saturated heterocycles. The monoisotopic (exact) mass is 687 g/mol. The lowest BCUT2D eigenvalue weighted by molar-refractivity contribution is -0.140. The molecule has 3 aromatic rings. The molecule has 3 fully saturated rings. The molecule has 1 saturated carbocycles. The summed E-state index contributed by atoms with van der Waals surface area (Å²) in [5, 5.41) is 6.74. The van der Waals surface area contributed by atoms with Crippen LogP contribution in [0.3, 0.4) is 0 Å². The molecule has 2 aliphatic heterocycles. The van der Waals surface area contributed by atoms with Crippen LogP contribution in [0.5, 0.6) is 0 Å². The third-order valence-electron chi connectivity index (χ3n) is 9.77. The van der Waals surface area contributed by atoms with E-state index < -0.39 is 17.7 Å². The summed E-state index contributed by atoms with van der Waals surface area (Å²) in [6.45, 7) is 9.96. The Kier molecular flexibility index (Phi) is 9.73. The molecular formula is C36H49N9O5. The summed E-state index contributed by atoms with van der Waals surface area (Å²) in [7, 11) is 3.50. The van der Waals surface area contributed by atoms with Crippen LogP contribution < -0.4 is 10.6 Å². The number of fused-ring (bicyclic) bond motifs is 3. The van der Waals surface area contributed by atoms with Crippen molar-refractivity contribution in [2.45, 2.75) is 103 Å². The van der Waals surface area contributed by atoms with E-state index in [4.69, 9.17) is 9.72 Å². The number of nitrogens with one attached hydrogen (secondary N) is 2. The lowest BCUT2D eigenvalue weighted by atomic mass is 10.0. The van der Waals surface area contributed by atoms with Gasteiger partial charge in [-0.3, -0.25) is 14.4 Å². The van der Waals surface area contributed by atoms with Crippen LogP contribution in [0.2, 0.25) is 0 Å². The van der Waals surface area contributed by atoms with Gasteiger partial charge in [0.15, 0.2) is 0 Å². The number of nitrogens with zero attached hydrogens (tertiary/aromatic N) is 7. The molecule has 0 aromatic carbocycles. The summed E-state index contributed by atoms with van der Waals surface area (Å²) in [6.07, 6.45) is 8.45. The summed E-state index contributed by atoms with van der Waals surface area (Å²) in [6, 6.07) is 4.53. The molecule has 2 unspecified atom stereocenters. The summed E-state index contributed by atoms with van der Waals surface area (Å²) in [4.78, 5) is 72.0. The maximum Gasteiger partial charge on any atom is 0.408 e. The van der Waals surface area contributed by atoms with E-state index in [0.717, 1.165) is 43.9 Å². The van der Waals surface area contributed by atoms with Crippen LogP contribution >= 0.6 is 0 Å². The van der Waals surface area contributed by atoms with E-state index in [1.54, 1.807) is 63.0 Å². The van der Waals surface area contributed by atoms with Crippen LogP contribution in [0.25, 0.3) is 11.0 Å². The third-order valence-corrected chi connectivity index (χ3v) is 9.77. The van der Waals surface area contributed by atoms with Gasteiger partial charge in [-0.1, -0.05) is 26.7 Å². The lowest BCUT2D eigenvalue weighted by Gasteiger charge is -2.43. The molecule has 268 valence electrons. The minimum absolute atomic E-state index is 0.0673. The molecule has 4 amide bonds. The number of amides is 4. The van der Waals surface area contributed by atoms with Gasteiger partial charge in [0.05, 0.1) is 5.56 Å². The van der Waals surface area contributed by atoms with Crippen molar-refractivity contribution in [2.24, 2.45) is 5.92 Å². The largest absolute Gasteiger partial charge is 0.444 e. The first-order valence-electron chi connectivity index (χ1n) is 17.6. The topological polar surface area (TPSA) is 155 Å². The SMILES string of the molecule is CC(C)[C@@H](NC(=O)OC(C)(C)C)C(=O)N1C2CCC1CN(C(=O)c1ccc(Nc3ncc4cc(C(=O)N(C)C)n(C5CCCC5)c4n3)nc1)C2. The first kappa shape index (κ1) is 35.1. The first-order chi connectivity index (χ1) is 23.7. The average molecular weight is 688 g/mol. The van der Waals surface area contributed by atoms with Crippen molar-refractivity contribution in [3.8, 4) is 0 Å². The van der Waals surface area contributed by atoms with Crippen molar-refractivity contribution in [2.75, 3.05) is 32.5 Å². The molecule has 50 heavy (non-hydrogen) atoms. The van der Waals surface area contributed by atoms with Crippen molar-refractivity contribution in [3.63, 3.8) is 0 Å². The van der Waals surface area contributed by atoms with Gasteiger partial charge in [0.2, 0.25) is 11.9 Å². The van der Waals surface area contributed by atoms with Crippen LogP contribution in [0.1, 0.15) is 100 Å². The molecule has 2 N–H and O–H groups in total. The predicted octanol–water partition coefficient (Wildman–Crippen LogP) is 4.75. The number of aromatic nitrogens is 4. The Balaban J connectivity index is 1.12. The highest BCUT2D eigenvalue weighted by molar-refractivity contribution is 5.98. The van der Waals surface area contributed by atoms with E-state index in [-0.39, 0.29) is 41.8 Å². The van der Waals surface area contributed by atoms with Gasteiger partial charge in [-0.25, -0.2) is 14.8 Å². The van der Waals surface area contributed by atoms with Gasteiger partial charge in [-0.15, -0.1) is 0 Å². The van der Waals surface area contributed by atoms with Gasteiger partial charge in [0, 0.05) is 63.1 Å². The quantitative estimate of drug-likeness (QED) is 0.341. The fourth-order valence-corrected chi connectivity index (χ4v) is 7.42. The van der Waals surface area contributed by atoms with Crippen LogP contribution in [0.4, 0.5) is 16.6 Å². The van der Waals surface area contributed by atoms with Crippen LogP contribution in [-0.2, 0) is 9.53 Å². The van der Waals surface area contributed by atoms with E-state index >= 15 is 0 Å². The summed E-state index contributed by atoms with van der Waals surface area (Å²) in [5.74, 6) is 0.342. The van der Waals surface area contributed by atoms with Gasteiger partial charge in [0.25, 0.3) is 11.8 Å². The predicted molar refractivity (Wildman–Crippen MR) is 188 cm³/mol. The van der Waals surface area contributed by atoms with Crippen LogP contribution in [-0.4, -0.2) is 109 Å². The fraction of sp³-hybridized carbons (Fsp3) is 0.583. The Morgan fingerprint density at radius 3 is 2.20 bits per heavy atom. The highest BCUT2D eigenvalue weighted by Crippen LogP contribution is 2.35. The summed E-state index contributed by atoms with van der Waals surface area (Å²) < 4.78 is 7.48. The number of hydrogen-bond acceptors (Lipinski definition) is 9. The maximum atomic E-state index is 13.8. The zero-order chi connectivity index (χ0) is 35.9. The lowest BCUT2D eigenvalue weighted by Crippen LogP contribution is -2.62. The normalized spacial score (nSPS) is 19.9. The Hall–Kier alpha value is -4.75. The van der Waals surface area contributed by atoms with E-state index in [1.165, 1.54) is 6.20 Å². The number of pyridine rings is 1. The highest BCUT2D eigenvalue weighted by Gasteiger charge is 2.46. The van der Waals surface area contributed by atoms with Crippen LogP contribution in [0.15, 0.2) is 30.6 Å². The smallest absolute Gasteiger partial charge is 0.408 e. The number of likely N-dealkylation sites (tertiary alicyclic amines) is 1. The fourth-order valence-electron chi connectivity index (χ4n) is 7.42. The summed E-state index contributed by atoms with van der Waals surface area (Å²) >= 11 is 0. The molecule has 14 nitrogen and oxygen atoms in total. The second-order valence-corrected chi connectivity index (χ2v) is 15.3. The van der Waals surface area contributed by atoms with Gasteiger partial charge < -0.3 is 34.6 Å². The average Bonchev–Trinajstić information content (AvgIpc) is 3.78. The number of hydrogen-bond donors (Lipinski definition) is 2. The van der Waals surface area contributed by atoms with Gasteiger partial charge >= 0.3 is 6.09 Å². The minimum Gasteiger partial charge on any atom is -0.444 e. The number of piperazine rings is 1. The van der Waals surface area contributed by atoms with Crippen molar-refractivity contribution >= 4 is 46.6 Å². The number of alkyl carbamates (subject to hydrolysis) is 1. The zero-order valence-electron chi connectivity index (χ0n) is 30.1. The molecule has 3 aliphatic rings. The second kappa shape index (κ2) is 13.9. The molecule has 3 atom stereocenters.